The molecule has 0 aliphatic heterocycles. The van der Waals surface area contributed by atoms with Crippen LogP contribution in [0.4, 0.5) is 0 Å². The van der Waals surface area contributed by atoms with Crippen LogP contribution in [0, 0.1) is 0 Å². The van der Waals surface area contributed by atoms with E-state index in [4.69, 9.17) is 9.84 Å². The zero-order valence-corrected chi connectivity index (χ0v) is 18.4. The van der Waals surface area contributed by atoms with Gasteiger partial charge in [-0.1, -0.05) is 101 Å². The van der Waals surface area contributed by atoms with Gasteiger partial charge in [0.15, 0.2) is 5.79 Å². The fraction of sp³-hybridized carbons (Fsp3) is 0.720. The fourth-order valence-corrected chi connectivity index (χ4v) is 3.72. The summed E-state index contributed by atoms with van der Waals surface area (Å²) in [4.78, 5) is 10.4. The van der Waals surface area contributed by atoms with Gasteiger partial charge in [-0.15, -0.1) is 0 Å². The predicted octanol–water partition coefficient (Wildman–Crippen LogP) is 6.85. The Balaban J connectivity index is 2.01. The molecule has 0 saturated heterocycles. The number of carboxylic acid groups (broad SMARTS) is 1. The molecule has 0 radical (unpaired) electrons. The molecular formula is C25H42O4. The van der Waals surface area contributed by atoms with E-state index in [1.165, 1.54) is 38.5 Å². The van der Waals surface area contributed by atoms with Gasteiger partial charge in [-0.25, -0.2) is 0 Å². The first-order valence-electron chi connectivity index (χ1n) is 11.7. The van der Waals surface area contributed by atoms with Crippen LogP contribution in [0.5, 0.6) is 0 Å². The third-order valence-corrected chi connectivity index (χ3v) is 5.45. The second-order valence-electron chi connectivity index (χ2n) is 8.25. The van der Waals surface area contributed by atoms with Crippen molar-refractivity contribution in [3.8, 4) is 0 Å². The van der Waals surface area contributed by atoms with Crippen molar-refractivity contribution in [2.24, 2.45) is 0 Å². The lowest BCUT2D eigenvalue weighted by atomic mass is 10.0. The van der Waals surface area contributed by atoms with Crippen molar-refractivity contribution in [1.29, 1.82) is 0 Å². The Bertz CT molecular complexity index is 517. The number of benzene rings is 1. The third-order valence-electron chi connectivity index (χ3n) is 5.45. The highest BCUT2D eigenvalue weighted by molar-refractivity contribution is 5.66. The zero-order chi connectivity index (χ0) is 21.2. The Morgan fingerprint density at radius 2 is 1.34 bits per heavy atom. The number of carbonyl (C=O) groups is 1. The number of aliphatic hydroxyl groups is 1. The normalized spacial score (nSPS) is 13.3. The van der Waals surface area contributed by atoms with Crippen LogP contribution < -0.4 is 0 Å². The molecule has 166 valence electrons. The van der Waals surface area contributed by atoms with Crippen LogP contribution in [0.2, 0.25) is 0 Å². The van der Waals surface area contributed by atoms with Crippen LogP contribution in [0.3, 0.4) is 0 Å². The van der Waals surface area contributed by atoms with Crippen LogP contribution in [-0.2, 0) is 16.1 Å². The van der Waals surface area contributed by atoms with E-state index in [-0.39, 0.29) is 0 Å². The van der Waals surface area contributed by atoms with Crippen LogP contribution in [-0.4, -0.2) is 22.0 Å². The van der Waals surface area contributed by atoms with Crippen LogP contribution >= 0.6 is 0 Å². The Hall–Kier alpha value is -1.39. The topological polar surface area (TPSA) is 66.8 Å². The molecule has 29 heavy (non-hydrogen) atoms. The minimum atomic E-state index is -0.995. The molecule has 1 rings (SSSR count). The molecule has 4 nitrogen and oxygen atoms in total. The van der Waals surface area contributed by atoms with Crippen molar-refractivity contribution in [2.75, 3.05) is 0 Å². The summed E-state index contributed by atoms with van der Waals surface area (Å²) in [6.45, 7) is 2.55. The van der Waals surface area contributed by atoms with Gasteiger partial charge in [0.2, 0.25) is 0 Å². The van der Waals surface area contributed by atoms with Gasteiger partial charge in [-0.05, 0) is 18.4 Å². The van der Waals surface area contributed by atoms with Gasteiger partial charge >= 0.3 is 5.97 Å². The third kappa shape index (κ3) is 14.3. The number of ether oxygens (including phenoxy) is 1. The number of aliphatic carboxylic acids is 1. The quantitative estimate of drug-likeness (QED) is 0.195. The fourth-order valence-electron chi connectivity index (χ4n) is 3.72. The van der Waals surface area contributed by atoms with Gasteiger partial charge in [-0.3, -0.25) is 4.79 Å². The van der Waals surface area contributed by atoms with E-state index in [0.29, 0.717) is 25.9 Å². The highest BCUT2D eigenvalue weighted by Gasteiger charge is 2.26. The van der Waals surface area contributed by atoms with Crippen molar-refractivity contribution in [2.45, 2.75) is 116 Å². The van der Waals surface area contributed by atoms with Gasteiger partial charge in [0.05, 0.1) is 6.61 Å². The molecule has 0 bridgehead atoms. The number of unbranched alkanes of at least 4 members (excludes halogenated alkanes) is 10. The van der Waals surface area contributed by atoms with Crippen LogP contribution in [0.1, 0.15) is 109 Å². The molecule has 0 aromatic heterocycles. The average Bonchev–Trinajstić information content (AvgIpc) is 2.71. The summed E-state index contributed by atoms with van der Waals surface area (Å²) in [6.07, 6.45) is 15.3. The molecule has 0 aliphatic rings. The van der Waals surface area contributed by atoms with Gasteiger partial charge in [0.1, 0.15) is 0 Å². The smallest absolute Gasteiger partial charge is 0.303 e. The number of carboxylic acids is 1. The van der Waals surface area contributed by atoms with Crippen molar-refractivity contribution >= 4 is 5.97 Å². The van der Waals surface area contributed by atoms with Gasteiger partial charge in [0.25, 0.3) is 0 Å². The molecule has 0 spiro atoms. The van der Waals surface area contributed by atoms with Gasteiger partial charge < -0.3 is 14.9 Å². The Labute approximate surface area is 177 Å². The van der Waals surface area contributed by atoms with Crippen molar-refractivity contribution in [3.05, 3.63) is 35.9 Å². The minimum absolute atomic E-state index is 0.310. The molecule has 1 aromatic carbocycles. The van der Waals surface area contributed by atoms with Crippen LogP contribution in [0.25, 0.3) is 0 Å². The summed E-state index contributed by atoms with van der Waals surface area (Å²) in [5.41, 5.74) is 1.10. The van der Waals surface area contributed by atoms with Crippen molar-refractivity contribution in [1.82, 2.24) is 0 Å². The van der Waals surface area contributed by atoms with E-state index in [0.717, 1.165) is 44.1 Å². The molecule has 0 heterocycles. The summed E-state index contributed by atoms with van der Waals surface area (Å²) < 4.78 is 5.89. The maximum atomic E-state index is 10.8. The molecule has 1 atom stereocenters. The number of rotatable bonds is 19. The maximum Gasteiger partial charge on any atom is 0.303 e. The first-order valence-corrected chi connectivity index (χ1v) is 11.7. The molecular weight excluding hydrogens is 364 g/mol. The summed E-state index contributed by atoms with van der Waals surface area (Å²) in [5, 5.41) is 19.4. The Morgan fingerprint density at radius 1 is 0.828 bits per heavy atom. The monoisotopic (exact) mass is 406 g/mol. The highest BCUT2D eigenvalue weighted by Crippen LogP contribution is 2.24. The van der Waals surface area contributed by atoms with E-state index < -0.39 is 11.8 Å². The molecule has 0 fully saturated rings. The lowest BCUT2D eigenvalue weighted by Gasteiger charge is -2.28. The van der Waals surface area contributed by atoms with Gasteiger partial charge in [0, 0.05) is 19.3 Å². The standard InChI is InChI=1S/C25H42O4/c1-2-20-25(28,29-22-23-17-13-12-14-18-23)21-16-11-9-7-5-3-4-6-8-10-15-19-24(26)27/h12-14,17-18,28H,2-11,15-16,19-22H2,1H3,(H,26,27). The van der Waals surface area contributed by atoms with E-state index in [1.807, 2.05) is 30.3 Å². The molecule has 1 aromatic rings. The lowest BCUT2D eigenvalue weighted by Crippen LogP contribution is -2.32. The SMILES string of the molecule is CCCC(O)(CCCCCCCCCCCCCC(=O)O)OCc1ccccc1. The molecule has 0 saturated carbocycles. The highest BCUT2D eigenvalue weighted by atomic mass is 16.6. The predicted molar refractivity (Wildman–Crippen MR) is 119 cm³/mol. The molecule has 2 N–H and O–H groups in total. The first-order chi connectivity index (χ1) is 14.1. The van der Waals surface area contributed by atoms with E-state index >= 15 is 0 Å². The van der Waals surface area contributed by atoms with Crippen molar-refractivity contribution < 1.29 is 19.7 Å². The number of hydrogen-bond donors (Lipinski definition) is 2. The molecule has 1 unspecified atom stereocenters. The summed E-state index contributed by atoms with van der Waals surface area (Å²) >= 11 is 0. The Morgan fingerprint density at radius 3 is 1.86 bits per heavy atom. The molecule has 0 aliphatic carbocycles. The van der Waals surface area contributed by atoms with E-state index in [2.05, 4.69) is 6.92 Å². The van der Waals surface area contributed by atoms with E-state index in [1.54, 1.807) is 0 Å². The van der Waals surface area contributed by atoms with E-state index in [9.17, 15) is 9.90 Å². The number of hydrogen-bond acceptors (Lipinski definition) is 3. The van der Waals surface area contributed by atoms with Crippen LogP contribution in [0.15, 0.2) is 30.3 Å². The average molecular weight is 407 g/mol. The molecule has 4 heteroatoms. The summed E-state index contributed by atoms with van der Waals surface area (Å²) in [6, 6.07) is 10.0. The van der Waals surface area contributed by atoms with Gasteiger partial charge in [-0.2, -0.15) is 0 Å². The Kier molecular flexibility index (Phi) is 14.5. The second kappa shape index (κ2) is 16.4. The largest absolute Gasteiger partial charge is 0.481 e. The summed E-state index contributed by atoms with van der Waals surface area (Å²) in [7, 11) is 0. The van der Waals surface area contributed by atoms with Crippen molar-refractivity contribution in [3.63, 3.8) is 0 Å². The summed E-state index contributed by atoms with van der Waals surface area (Å²) in [5.74, 6) is -1.67. The zero-order valence-electron chi connectivity index (χ0n) is 18.4. The molecule has 0 amide bonds. The first kappa shape index (κ1) is 25.6. The maximum absolute atomic E-state index is 10.8. The lowest BCUT2D eigenvalue weighted by molar-refractivity contribution is -0.220. The second-order valence-corrected chi connectivity index (χ2v) is 8.25. The minimum Gasteiger partial charge on any atom is -0.481 e.